The Kier molecular flexibility index (Phi) is 8.41. The minimum atomic E-state index is -4.53. The van der Waals surface area contributed by atoms with Gasteiger partial charge in [0.1, 0.15) is 0 Å². The lowest BCUT2D eigenvalue weighted by Gasteiger charge is -2.46. The molecule has 2 heterocycles. The third-order valence-corrected chi connectivity index (χ3v) is 10.2. The van der Waals surface area contributed by atoms with E-state index in [1.54, 1.807) is 20.3 Å². The highest BCUT2D eigenvalue weighted by molar-refractivity contribution is 14.2. The number of aromatic nitrogens is 1. The van der Waals surface area contributed by atoms with E-state index in [9.17, 15) is 22.8 Å². The van der Waals surface area contributed by atoms with Crippen LogP contribution in [-0.4, -0.2) is 53.4 Å². The van der Waals surface area contributed by atoms with Crippen molar-refractivity contribution in [2.24, 2.45) is 0 Å². The fourth-order valence-electron chi connectivity index (χ4n) is 4.50. The predicted molar refractivity (Wildman–Crippen MR) is 134 cm³/mol. The lowest BCUT2D eigenvalue weighted by Crippen LogP contribution is -2.63. The Morgan fingerprint density at radius 1 is 1.21 bits per heavy atom. The van der Waals surface area contributed by atoms with Crippen molar-refractivity contribution in [3.8, 4) is 0 Å². The van der Waals surface area contributed by atoms with Gasteiger partial charge in [-0.05, 0) is 58.7 Å². The lowest BCUT2D eigenvalue weighted by atomic mass is 9.83. The van der Waals surface area contributed by atoms with Crippen LogP contribution >= 0.6 is 41.5 Å². The van der Waals surface area contributed by atoms with E-state index in [1.165, 1.54) is 17.0 Å². The van der Waals surface area contributed by atoms with Gasteiger partial charge in [-0.15, -0.1) is 11.3 Å². The molecular formula is C22H24F3IN4O2S2. The maximum absolute atomic E-state index is 12.8. The highest BCUT2D eigenvalue weighted by Gasteiger charge is 2.36. The van der Waals surface area contributed by atoms with E-state index in [2.05, 4.69) is 41.7 Å². The molecule has 0 radical (unpaired) electrons. The van der Waals surface area contributed by atoms with Gasteiger partial charge in [0.15, 0.2) is 4.34 Å². The molecule has 2 aromatic rings. The van der Waals surface area contributed by atoms with Crippen molar-refractivity contribution in [1.29, 1.82) is 0 Å². The molecule has 4 rings (SSSR count). The van der Waals surface area contributed by atoms with Crippen molar-refractivity contribution >= 4 is 53.3 Å². The first-order valence-electron chi connectivity index (χ1n) is 11.0. The Morgan fingerprint density at radius 2 is 1.94 bits per heavy atom. The number of nitrogens with zero attached hydrogens (tertiary/aromatic N) is 2. The molecule has 1 aliphatic carbocycles. The molecule has 0 atom stereocenters. The summed E-state index contributed by atoms with van der Waals surface area (Å²) in [4.78, 5) is 32.5. The number of benzene rings is 1. The zero-order valence-electron chi connectivity index (χ0n) is 18.1. The van der Waals surface area contributed by atoms with Crippen LogP contribution in [0.4, 0.5) is 13.2 Å². The first-order chi connectivity index (χ1) is 16.2. The maximum Gasteiger partial charge on any atom is 0.416 e. The SMILES string of the molecule is O=C(CNC(=O)c1cccc(C(F)(F)F)c1)NC1CN(C2CCC(c3cnc(SI)s3)CC2)C1. The number of hydrogen-bond acceptors (Lipinski definition) is 6. The summed E-state index contributed by atoms with van der Waals surface area (Å²) in [7, 11) is 1.65. The van der Waals surface area contributed by atoms with Gasteiger partial charge in [-0.25, -0.2) is 4.98 Å². The number of alkyl halides is 3. The highest BCUT2D eigenvalue weighted by Crippen LogP contribution is 2.40. The largest absolute Gasteiger partial charge is 0.416 e. The summed E-state index contributed by atoms with van der Waals surface area (Å²) in [6.45, 7) is 1.28. The van der Waals surface area contributed by atoms with Crippen LogP contribution in [0.25, 0.3) is 0 Å². The van der Waals surface area contributed by atoms with Crippen molar-refractivity contribution in [3.05, 3.63) is 46.5 Å². The first-order valence-corrected chi connectivity index (χ1v) is 15.1. The number of carbonyl (C=O) groups excluding carboxylic acids is 2. The average Bonchev–Trinajstić information content (AvgIpc) is 3.28. The van der Waals surface area contributed by atoms with Crippen LogP contribution in [-0.2, 0) is 11.0 Å². The van der Waals surface area contributed by atoms with Crippen molar-refractivity contribution in [1.82, 2.24) is 20.5 Å². The summed E-state index contributed by atoms with van der Waals surface area (Å²) in [5.74, 6) is -0.468. The van der Waals surface area contributed by atoms with Gasteiger partial charge >= 0.3 is 6.18 Å². The molecule has 6 nitrogen and oxygen atoms in total. The van der Waals surface area contributed by atoms with Gasteiger partial charge in [0.25, 0.3) is 5.91 Å². The molecule has 0 spiro atoms. The summed E-state index contributed by atoms with van der Waals surface area (Å²) < 4.78 is 39.5. The zero-order chi connectivity index (χ0) is 24.3. The fourth-order valence-corrected chi connectivity index (χ4v) is 6.97. The standard InChI is InChI=1S/C22H24F3IN4O2S2/c23-22(24,25)15-3-1-2-14(8-15)20(32)27-10-19(31)29-16-11-30(12-16)17-6-4-13(5-7-17)18-9-28-21(33-18)34-26/h1-3,8-9,13,16-17H,4-7,10-12H2,(H,27,32)(H,29,31). The van der Waals surface area contributed by atoms with Gasteiger partial charge in [0.05, 0.1) is 18.2 Å². The quantitative estimate of drug-likeness (QED) is 0.431. The molecule has 2 fully saturated rings. The molecular weight excluding hydrogens is 600 g/mol. The molecule has 1 aromatic heterocycles. The molecule has 184 valence electrons. The number of likely N-dealkylation sites (tertiary alicyclic amines) is 1. The van der Waals surface area contributed by atoms with Gasteiger partial charge in [-0.2, -0.15) is 13.2 Å². The number of hydrogen-bond donors (Lipinski definition) is 2. The Hall–Kier alpha value is -1.38. The molecule has 2 amide bonds. The molecule has 1 aromatic carbocycles. The summed E-state index contributed by atoms with van der Waals surface area (Å²) in [6, 6.07) is 4.70. The van der Waals surface area contributed by atoms with Crippen LogP contribution in [0.15, 0.2) is 34.8 Å². The van der Waals surface area contributed by atoms with Crippen LogP contribution in [0.2, 0.25) is 0 Å². The lowest BCUT2D eigenvalue weighted by molar-refractivity contribution is -0.137. The molecule has 1 saturated carbocycles. The van der Waals surface area contributed by atoms with Gasteiger partial charge in [-0.1, -0.05) is 6.07 Å². The smallest absolute Gasteiger partial charge is 0.349 e. The molecule has 2 aliphatic rings. The van der Waals surface area contributed by atoms with Gasteiger partial charge in [0, 0.05) is 57.0 Å². The fraction of sp³-hybridized carbons (Fsp3) is 0.500. The molecule has 1 saturated heterocycles. The second-order valence-corrected chi connectivity index (χ2v) is 11.8. The minimum absolute atomic E-state index is 0.0282. The van der Waals surface area contributed by atoms with Crippen LogP contribution < -0.4 is 10.6 Å². The first kappa shape index (κ1) is 25.7. The third kappa shape index (κ3) is 6.43. The zero-order valence-corrected chi connectivity index (χ0v) is 21.9. The predicted octanol–water partition coefficient (Wildman–Crippen LogP) is 4.86. The number of carbonyl (C=O) groups is 2. The van der Waals surface area contributed by atoms with Crippen molar-refractivity contribution in [2.45, 2.75) is 54.2 Å². The normalized spacial score (nSPS) is 21.6. The summed E-state index contributed by atoms with van der Waals surface area (Å²) in [5, 5.41) is 5.28. The molecule has 0 bridgehead atoms. The van der Waals surface area contributed by atoms with E-state index in [4.69, 9.17) is 0 Å². The van der Waals surface area contributed by atoms with Crippen LogP contribution in [0.3, 0.4) is 0 Å². The molecule has 0 unspecified atom stereocenters. The second-order valence-electron chi connectivity index (χ2n) is 8.59. The topological polar surface area (TPSA) is 74.3 Å². The minimum Gasteiger partial charge on any atom is -0.349 e. The summed E-state index contributed by atoms with van der Waals surface area (Å²) in [6.07, 6.45) is 2.03. The Bertz CT molecular complexity index is 1020. The Morgan fingerprint density at radius 3 is 2.59 bits per heavy atom. The summed E-state index contributed by atoms with van der Waals surface area (Å²) in [5.41, 5.74) is -1.03. The molecule has 34 heavy (non-hydrogen) atoms. The molecule has 2 N–H and O–H groups in total. The van der Waals surface area contributed by atoms with Crippen LogP contribution in [0.1, 0.15) is 52.4 Å². The Balaban J connectivity index is 1.15. The van der Waals surface area contributed by atoms with Gasteiger partial charge in [-0.3, -0.25) is 14.5 Å². The number of halogens is 4. The van der Waals surface area contributed by atoms with E-state index in [0.29, 0.717) is 12.0 Å². The van der Waals surface area contributed by atoms with Crippen LogP contribution in [0, 0.1) is 0 Å². The second kappa shape index (κ2) is 11.1. The number of nitrogens with one attached hydrogen (secondary N) is 2. The van der Waals surface area contributed by atoms with Gasteiger partial charge < -0.3 is 10.6 Å². The number of amides is 2. The van der Waals surface area contributed by atoms with Crippen molar-refractivity contribution < 1.29 is 22.8 Å². The third-order valence-electron chi connectivity index (χ3n) is 6.32. The number of thiazole rings is 1. The molecule has 1 aliphatic heterocycles. The highest BCUT2D eigenvalue weighted by atomic mass is 127. The summed E-state index contributed by atoms with van der Waals surface area (Å²) >= 11 is 4.04. The maximum atomic E-state index is 12.8. The van der Waals surface area contributed by atoms with Crippen LogP contribution in [0.5, 0.6) is 0 Å². The average molecular weight is 624 g/mol. The van der Waals surface area contributed by atoms with Crippen molar-refractivity contribution in [3.63, 3.8) is 0 Å². The monoisotopic (exact) mass is 624 g/mol. The van der Waals surface area contributed by atoms with Gasteiger partial charge in [0.2, 0.25) is 5.91 Å². The van der Waals surface area contributed by atoms with E-state index in [1.807, 2.05) is 6.20 Å². The van der Waals surface area contributed by atoms with E-state index in [-0.39, 0.29) is 24.1 Å². The number of rotatable bonds is 7. The van der Waals surface area contributed by atoms with E-state index in [0.717, 1.165) is 55.2 Å². The van der Waals surface area contributed by atoms with E-state index >= 15 is 0 Å². The van der Waals surface area contributed by atoms with Crippen molar-refractivity contribution in [2.75, 3.05) is 19.6 Å². The van der Waals surface area contributed by atoms with E-state index < -0.39 is 17.6 Å². The molecule has 12 heteroatoms. The Labute approximate surface area is 216 Å².